The van der Waals surface area contributed by atoms with Crippen LogP contribution < -0.4 is 0 Å². The van der Waals surface area contributed by atoms with E-state index in [1.807, 2.05) is 0 Å². The van der Waals surface area contributed by atoms with Gasteiger partial charge in [0, 0.05) is 10.6 Å². The number of rotatable bonds is 5. The van der Waals surface area contributed by atoms with Crippen LogP contribution >= 0.6 is 11.8 Å². The number of carboxylic acids is 1. The van der Waals surface area contributed by atoms with Gasteiger partial charge < -0.3 is 5.11 Å². The van der Waals surface area contributed by atoms with Crippen LogP contribution in [-0.4, -0.2) is 16.8 Å². The van der Waals surface area contributed by atoms with Crippen molar-refractivity contribution in [3.8, 4) is 6.07 Å². The Balaban J connectivity index is 2.09. The number of benzene rings is 1. The van der Waals surface area contributed by atoms with Crippen LogP contribution in [0.1, 0.15) is 30.4 Å². The van der Waals surface area contributed by atoms with Gasteiger partial charge in [-0.05, 0) is 36.5 Å². The quantitative estimate of drug-likeness (QED) is 0.837. The first-order valence-electron chi connectivity index (χ1n) is 6.22. The third-order valence-electron chi connectivity index (χ3n) is 3.45. The SMILES string of the molecule is N#Cc1cc(SCC2(CC(=O)O)CC2)ccc1C(F)(F)F. The van der Waals surface area contributed by atoms with Crippen molar-refractivity contribution >= 4 is 17.7 Å². The summed E-state index contributed by atoms with van der Waals surface area (Å²) in [5.41, 5.74) is -1.59. The van der Waals surface area contributed by atoms with E-state index in [4.69, 9.17) is 10.4 Å². The molecule has 0 aliphatic heterocycles. The van der Waals surface area contributed by atoms with E-state index in [0.29, 0.717) is 10.6 Å². The molecule has 112 valence electrons. The number of hydrogen-bond donors (Lipinski definition) is 1. The molecule has 1 N–H and O–H groups in total. The number of carbonyl (C=O) groups is 1. The highest BCUT2D eigenvalue weighted by Crippen LogP contribution is 2.52. The number of alkyl halides is 3. The lowest BCUT2D eigenvalue weighted by Gasteiger charge is -2.13. The van der Waals surface area contributed by atoms with Crippen LogP contribution in [0.2, 0.25) is 0 Å². The fourth-order valence-electron chi connectivity index (χ4n) is 2.06. The molecule has 1 aliphatic rings. The largest absolute Gasteiger partial charge is 0.481 e. The van der Waals surface area contributed by atoms with E-state index in [-0.39, 0.29) is 11.8 Å². The highest BCUT2D eigenvalue weighted by molar-refractivity contribution is 7.99. The van der Waals surface area contributed by atoms with E-state index >= 15 is 0 Å². The van der Waals surface area contributed by atoms with E-state index in [2.05, 4.69) is 0 Å². The minimum atomic E-state index is -4.55. The Morgan fingerprint density at radius 3 is 2.57 bits per heavy atom. The van der Waals surface area contributed by atoms with E-state index in [1.54, 1.807) is 6.07 Å². The number of halogens is 3. The molecule has 0 amide bonds. The lowest BCUT2D eigenvalue weighted by Crippen LogP contribution is -2.11. The van der Waals surface area contributed by atoms with Crippen LogP contribution in [0.5, 0.6) is 0 Å². The van der Waals surface area contributed by atoms with Gasteiger partial charge in [0.1, 0.15) is 0 Å². The summed E-state index contributed by atoms with van der Waals surface area (Å²) in [6, 6.07) is 5.00. The number of aliphatic carboxylic acids is 1. The van der Waals surface area contributed by atoms with Gasteiger partial charge in [0.15, 0.2) is 0 Å². The maximum absolute atomic E-state index is 12.7. The second-order valence-corrected chi connectivity index (χ2v) is 6.22. The summed E-state index contributed by atoms with van der Waals surface area (Å²) in [7, 11) is 0. The molecule has 1 fully saturated rings. The summed E-state index contributed by atoms with van der Waals surface area (Å²) in [5, 5.41) is 17.6. The molecule has 0 heterocycles. The molecule has 0 bridgehead atoms. The van der Waals surface area contributed by atoms with Gasteiger partial charge in [-0.2, -0.15) is 18.4 Å². The Labute approximate surface area is 123 Å². The predicted octanol–water partition coefficient (Wildman–Crippen LogP) is 3.92. The molecule has 1 aliphatic carbocycles. The van der Waals surface area contributed by atoms with E-state index in [1.165, 1.54) is 23.9 Å². The fourth-order valence-corrected chi connectivity index (χ4v) is 3.29. The zero-order valence-corrected chi connectivity index (χ0v) is 11.7. The summed E-state index contributed by atoms with van der Waals surface area (Å²) < 4.78 is 38.0. The van der Waals surface area contributed by atoms with Gasteiger partial charge in [-0.25, -0.2) is 0 Å². The molecular weight excluding hydrogens is 303 g/mol. The summed E-state index contributed by atoms with van der Waals surface area (Å²) in [6.07, 6.45) is -2.84. The molecule has 1 saturated carbocycles. The van der Waals surface area contributed by atoms with Crippen LogP contribution in [0.15, 0.2) is 23.1 Å². The Hall–Kier alpha value is -1.68. The summed E-state index contributed by atoms with van der Waals surface area (Å²) in [4.78, 5) is 11.3. The normalized spacial score (nSPS) is 16.3. The predicted molar refractivity (Wildman–Crippen MR) is 70.8 cm³/mol. The van der Waals surface area contributed by atoms with Gasteiger partial charge in [-0.1, -0.05) is 0 Å². The van der Waals surface area contributed by atoms with E-state index in [0.717, 1.165) is 18.9 Å². The Bertz CT molecular complexity index is 603. The van der Waals surface area contributed by atoms with Crippen molar-refractivity contribution in [1.29, 1.82) is 5.26 Å². The smallest absolute Gasteiger partial charge is 0.417 e. The summed E-state index contributed by atoms with van der Waals surface area (Å²) in [6.45, 7) is 0. The third-order valence-corrected chi connectivity index (χ3v) is 4.79. The second-order valence-electron chi connectivity index (χ2n) is 5.18. The molecule has 0 aromatic heterocycles. The molecule has 7 heteroatoms. The van der Waals surface area contributed by atoms with Gasteiger partial charge in [0.2, 0.25) is 0 Å². The number of nitrogens with zero attached hydrogens (tertiary/aromatic N) is 1. The van der Waals surface area contributed by atoms with Crippen molar-refractivity contribution in [3.63, 3.8) is 0 Å². The first-order chi connectivity index (χ1) is 9.76. The topological polar surface area (TPSA) is 61.1 Å². The van der Waals surface area contributed by atoms with Crippen LogP contribution in [0, 0.1) is 16.7 Å². The second kappa shape index (κ2) is 5.60. The maximum Gasteiger partial charge on any atom is 0.417 e. The molecule has 21 heavy (non-hydrogen) atoms. The van der Waals surface area contributed by atoms with Crippen molar-refractivity contribution in [2.24, 2.45) is 5.41 Å². The van der Waals surface area contributed by atoms with Crippen molar-refractivity contribution in [1.82, 2.24) is 0 Å². The van der Waals surface area contributed by atoms with Crippen molar-refractivity contribution in [2.45, 2.75) is 30.3 Å². The summed E-state index contributed by atoms with van der Waals surface area (Å²) >= 11 is 1.30. The average Bonchev–Trinajstić information content (AvgIpc) is 3.14. The molecule has 0 saturated heterocycles. The van der Waals surface area contributed by atoms with Crippen LogP contribution in [0.4, 0.5) is 13.2 Å². The Morgan fingerprint density at radius 1 is 1.43 bits per heavy atom. The average molecular weight is 315 g/mol. The van der Waals surface area contributed by atoms with Crippen LogP contribution in [0.3, 0.4) is 0 Å². The first-order valence-corrected chi connectivity index (χ1v) is 7.20. The van der Waals surface area contributed by atoms with Gasteiger partial charge in [-0.3, -0.25) is 4.79 Å². The Morgan fingerprint density at radius 2 is 2.10 bits per heavy atom. The highest BCUT2D eigenvalue weighted by Gasteiger charge is 2.44. The standard InChI is InChI=1S/C14H12F3NO2S/c15-14(16,17)11-2-1-10(5-9(11)7-18)21-8-13(3-4-13)6-12(19)20/h1-2,5H,3-4,6,8H2,(H,19,20). The summed E-state index contributed by atoms with van der Waals surface area (Å²) in [5.74, 6) is -0.326. The zero-order chi connectivity index (χ0) is 15.7. The molecule has 2 rings (SSSR count). The fraction of sp³-hybridized carbons (Fsp3) is 0.429. The number of thioether (sulfide) groups is 1. The van der Waals surface area contributed by atoms with Crippen LogP contribution in [0.25, 0.3) is 0 Å². The monoisotopic (exact) mass is 315 g/mol. The van der Waals surface area contributed by atoms with Gasteiger partial charge in [0.25, 0.3) is 0 Å². The first kappa shape index (κ1) is 15.7. The molecule has 0 spiro atoms. The molecule has 1 aromatic carbocycles. The van der Waals surface area contributed by atoms with Gasteiger partial charge >= 0.3 is 12.1 Å². The molecule has 3 nitrogen and oxygen atoms in total. The molecule has 0 atom stereocenters. The zero-order valence-electron chi connectivity index (χ0n) is 10.9. The van der Waals surface area contributed by atoms with Crippen molar-refractivity contribution in [2.75, 3.05) is 5.75 Å². The third kappa shape index (κ3) is 3.91. The highest BCUT2D eigenvalue weighted by atomic mass is 32.2. The van der Waals surface area contributed by atoms with Crippen LogP contribution in [-0.2, 0) is 11.0 Å². The van der Waals surface area contributed by atoms with E-state index in [9.17, 15) is 18.0 Å². The minimum absolute atomic E-state index is 0.0751. The maximum atomic E-state index is 12.7. The minimum Gasteiger partial charge on any atom is -0.481 e. The van der Waals surface area contributed by atoms with Gasteiger partial charge in [-0.15, -0.1) is 11.8 Å². The van der Waals surface area contributed by atoms with E-state index < -0.39 is 23.3 Å². The lowest BCUT2D eigenvalue weighted by molar-refractivity contribution is -0.139. The number of carboxylic acid groups (broad SMARTS) is 1. The number of hydrogen-bond acceptors (Lipinski definition) is 3. The lowest BCUT2D eigenvalue weighted by atomic mass is 10.1. The Kier molecular flexibility index (Phi) is 4.19. The molecular formula is C14H12F3NO2S. The van der Waals surface area contributed by atoms with Crippen molar-refractivity contribution in [3.05, 3.63) is 29.3 Å². The molecule has 0 unspecified atom stereocenters. The number of nitriles is 1. The van der Waals surface area contributed by atoms with Crippen molar-refractivity contribution < 1.29 is 23.1 Å². The van der Waals surface area contributed by atoms with Gasteiger partial charge in [0.05, 0.1) is 23.6 Å². The molecule has 0 radical (unpaired) electrons. The molecule has 1 aromatic rings.